The molecule has 3 nitrogen and oxygen atoms in total. The smallest absolute Gasteiger partial charge is 0.202 e. The number of nitrogens with zero attached hydrogens (tertiary/aromatic N) is 1. The lowest BCUT2D eigenvalue weighted by Gasteiger charge is -2.15. The van der Waals surface area contributed by atoms with E-state index in [0.717, 1.165) is 5.56 Å². The van der Waals surface area contributed by atoms with Gasteiger partial charge >= 0.3 is 0 Å². The van der Waals surface area contributed by atoms with E-state index < -0.39 is 6.10 Å². The third kappa shape index (κ3) is 3.62. The zero-order valence-corrected chi connectivity index (χ0v) is 12.5. The SMILES string of the molecule is Cc1ccc(C#N)cc1OC(C)C(=O)c1ccc(Cl)cc1. The van der Waals surface area contributed by atoms with Gasteiger partial charge in [-0.25, -0.2) is 0 Å². The summed E-state index contributed by atoms with van der Waals surface area (Å²) in [5.74, 6) is 0.414. The Labute approximate surface area is 128 Å². The molecule has 106 valence electrons. The summed E-state index contributed by atoms with van der Waals surface area (Å²) in [6.07, 6.45) is -0.640. The molecule has 4 heteroatoms. The number of halogens is 1. The minimum absolute atomic E-state index is 0.131. The molecular weight excluding hydrogens is 286 g/mol. The van der Waals surface area contributed by atoms with E-state index in [1.54, 1.807) is 49.4 Å². The second-order valence-electron chi connectivity index (χ2n) is 4.72. The highest BCUT2D eigenvalue weighted by Crippen LogP contribution is 2.22. The van der Waals surface area contributed by atoms with Crippen molar-refractivity contribution in [3.05, 3.63) is 64.2 Å². The number of carbonyl (C=O) groups is 1. The number of aryl methyl sites for hydroxylation is 1. The van der Waals surface area contributed by atoms with Gasteiger partial charge < -0.3 is 4.74 Å². The lowest BCUT2D eigenvalue weighted by molar-refractivity contribution is 0.0817. The van der Waals surface area contributed by atoms with E-state index in [4.69, 9.17) is 21.6 Å². The number of hydrogen-bond donors (Lipinski definition) is 0. The fourth-order valence-electron chi connectivity index (χ4n) is 1.89. The van der Waals surface area contributed by atoms with Crippen LogP contribution in [0.3, 0.4) is 0 Å². The molecule has 0 amide bonds. The standard InChI is InChI=1S/C17H14ClNO2/c1-11-3-4-13(10-19)9-16(11)21-12(2)17(20)14-5-7-15(18)8-6-14/h3-9,12H,1-2H3. The molecule has 1 atom stereocenters. The molecular formula is C17H14ClNO2. The Morgan fingerprint density at radius 2 is 1.90 bits per heavy atom. The minimum Gasteiger partial charge on any atom is -0.482 e. The van der Waals surface area contributed by atoms with Gasteiger partial charge in [0.1, 0.15) is 5.75 Å². The molecule has 0 spiro atoms. The maximum Gasteiger partial charge on any atom is 0.202 e. The van der Waals surface area contributed by atoms with Gasteiger partial charge in [0.2, 0.25) is 5.78 Å². The van der Waals surface area contributed by atoms with E-state index in [9.17, 15) is 4.79 Å². The van der Waals surface area contributed by atoms with Gasteiger partial charge in [-0.3, -0.25) is 4.79 Å². The molecule has 0 saturated carbocycles. The topological polar surface area (TPSA) is 50.1 Å². The van der Waals surface area contributed by atoms with Gasteiger partial charge in [-0.1, -0.05) is 17.7 Å². The van der Waals surface area contributed by atoms with Crippen LogP contribution in [0.1, 0.15) is 28.4 Å². The van der Waals surface area contributed by atoms with E-state index >= 15 is 0 Å². The molecule has 0 N–H and O–H groups in total. The van der Waals surface area contributed by atoms with Crippen molar-refractivity contribution < 1.29 is 9.53 Å². The Balaban J connectivity index is 2.18. The summed E-state index contributed by atoms with van der Waals surface area (Å²) in [4.78, 5) is 12.3. The molecule has 0 aliphatic carbocycles. The van der Waals surface area contributed by atoms with E-state index in [2.05, 4.69) is 6.07 Å². The van der Waals surface area contributed by atoms with Gasteiger partial charge in [0, 0.05) is 10.6 Å². The Bertz CT molecular complexity index is 702. The van der Waals surface area contributed by atoms with Crippen LogP contribution < -0.4 is 4.74 Å². The van der Waals surface area contributed by atoms with Crippen LogP contribution in [-0.2, 0) is 0 Å². The molecule has 0 aliphatic heterocycles. The Morgan fingerprint density at radius 3 is 2.52 bits per heavy atom. The molecule has 21 heavy (non-hydrogen) atoms. The Hall–Kier alpha value is -2.31. The third-order valence-electron chi connectivity index (χ3n) is 3.12. The summed E-state index contributed by atoms with van der Waals surface area (Å²) in [5, 5.41) is 9.50. The molecule has 0 saturated heterocycles. The van der Waals surface area contributed by atoms with Gasteiger partial charge in [0.15, 0.2) is 6.10 Å². The van der Waals surface area contributed by atoms with Crippen LogP contribution in [-0.4, -0.2) is 11.9 Å². The lowest BCUT2D eigenvalue weighted by atomic mass is 10.1. The Morgan fingerprint density at radius 1 is 1.24 bits per heavy atom. The second kappa shape index (κ2) is 6.43. The maximum absolute atomic E-state index is 12.3. The molecule has 0 aliphatic rings. The van der Waals surface area contributed by atoms with Gasteiger partial charge in [0.25, 0.3) is 0 Å². The maximum atomic E-state index is 12.3. The van der Waals surface area contributed by atoms with Crippen LogP contribution >= 0.6 is 11.6 Å². The molecule has 2 rings (SSSR count). The molecule has 0 radical (unpaired) electrons. The monoisotopic (exact) mass is 299 g/mol. The van der Waals surface area contributed by atoms with Crippen LogP contribution in [0.5, 0.6) is 5.75 Å². The average molecular weight is 300 g/mol. The van der Waals surface area contributed by atoms with Gasteiger partial charge in [0.05, 0.1) is 11.6 Å². The summed E-state index contributed by atoms with van der Waals surface area (Å²) in [5.41, 5.74) is 1.92. The van der Waals surface area contributed by atoms with Crippen LogP contribution in [0.25, 0.3) is 0 Å². The zero-order valence-electron chi connectivity index (χ0n) is 11.8. The first-order chi connectivity index (χ1) is 10.0. The van der Waals surface area contributed by atoms with Crippen molar-refractivity contribution in [1.82, 2.24) is 0 Å². The van der Waals surface area contributed by atoms with Crippen molar-refractivity contribution in [2.75, 3.05) is 0 Å². The molecule has 2 aromatic carbocycles. The molecule has 0 aromatic heterocycles. The number of carbonyl (C=O) groups excluding carboxylic acids is 1. The number of rotatable bonds is 4. The minimum atomic E-state index is -0.640. The Kier molecular flexibility index (Phi) is 4.62. The summed E-state index contributed by atoms with van der Waals surface area (Å²) in [7, 11) is 0. The highest BCUT2D eigenvalue weighted by atomic mass is 35.5. The van der Waals surface area contributed by atoms with Crippen molar-refractivity contribution in [2.24, 2.45) is 0 Å². The summed E-state index contributed by atoms with van der Waals surface area (Å²) in [6.45, 7) is 3.56. The summed E-state index contributed by atoms with van der Waals surface area (Å²) >= 11 is 5.81. The zero-order chi connectivity index (χ0) is 15.4. The first-order valence-corrected chi connectivity index (χ1v) is 6.86. The van der Waals surface area contributed by atoms with Crippen LogP contribution in [0.4, 0.5) is 0 Å². The van der Waals surface area contributed by atoms with Crippen molar-refractivity contribution >= 4 is 17.4 Å². The highest BCUT2D eigenvalue weighted by Gasteiger charge is 2.17. The van der Waals surface area contributed by atoms with Crippen LogP contribution in [0, 0.1) is 18.3 Å². The largest absolute Gasteiger partial charge is 0.482 e. The van der Waals surface area contributed by atoms with Crippen molar-refractivity contribution in [3.63, 3.8) is 0 Å². The first kappa shape index (κ1) is 15.1. The first-order valence-electron chi connectivity index (χ1n) is 6.48. The van der Waals surface area contributed by atoms with Gasteiger partial charge in [-0.05, 0) is 55.8 Å². The van der Waals surface area contributed by atoms with E-state index in [0.29, 0.717) is 21.9 Å². The van der Waals surface area contributed by atoms with Crippen molar-refractivity contribution in [1.29, 1.82) is 5.26 Å². The number of hydrogen-bond acceptors (Lipinski definition) is 3. The van der Waals surface area contributed by atoms with E-state index in [1.165, 1.54) is 0 Å². The van der Waals surface area contributed by atoms with E-state index in [-0.39, 0.29) is 5.78 Å². The fourth-order valence-corrected chi connectivity index (χ4v) is 2.02. The molecule has 1 unspecified atom stereocenters. The molecule has 2 aromatic rings. The number of ether oxygens (including phenoxy) is 1. The molecule has 0 fully saturated rings. The normalized spacial score (nSPS) is 11.5. The predicted octanol–water partition coefficient (Wildman–Crippen LogP) is 4.17. The fraction of sp³-hybridized carbons (Fsp3) is 0.176. The van der Waals surface area contributed by atoms with Gasteiger partial charge in [-0.2, -0.15) is 5.26 Å². The molecule has 0 bridgehead atoms. The average Bonchev–Trinajstić information content (AvgIpc) is 2.49. The number of Topliss-reactive ketones (excluding diaryl/α,β-unsaturated/α-hetero) is 1. The van der Waals surface area contributed by atoms with Crippen LogP contribution in [0.2, 0.25) is 5.02 Å². The van der Waals surface area contributed by atoms with Gasteiger partial charge in [-0.15, -0.1) is 0 Å². The number of ketones is 1. The quantitative estimate of drug-likeness (QED) is 0.796. The van der Waals surface area contributed by atoms with Crippen molar-refractivity contribution in [2.45, 2.75) is 20.0 Å². The number of benzene rings is 2. The molecule has 0 heterocycles. The van der Waals surface area contributed by atoms with Crippen molar-refractivity contribution in [3.8, 4) is 11.8 Å². The highest BCUT2D eigenvalue weighted by molar-refractivity contribution is 6.30. The predicted molar refractivity (Wildman–Crippen MR) is 81.8 cm³/mol. The summed E-state index contributed by atoms with van der Waals surface area (Å²) < 4.78 is 5.70. The number of nitriles is 1. The van der Waals surface area contributed by atoms with E-state index in [1.807, 2.05) is 6.92 Å². The lowest BCUT2D eigenvalue weighted by Crippen LogP contribution is -2.24. The van der Waals surface area contributed by atoms with Crippen LogP contribution in [0.15, 0.2) is 42.5 Å². The second-order valence-corrected chi connectivity index (χ2v) is 5.16. The summed E-state index contributed by atoms with van der Waals surface area (Å²) in [6, 6.07) is 13.9. The third-order valence-corrected chi connectivity index (χ3v) is 3.37.